The van der Waals surface area contributed by atoms with Crippen molar-refractivity contribution in [2.75, 3.05) is 12.4 Å². The topological polar surface area (TPSA) is 46.3 Å². The molecule has 0 saturated carbocycles. The highest BCUT2D eigenvalue weighted by Gasteiger charge is 2.01. The Bertz CT molecular complexity index is 225. The molecule has 0 fully saturated rings. The molecule has 0 amide bonds. The molecular weight excluding hydrogens is 174 g/mol. The van der Waals surface area contributed by atoms with Gasteiger partial charge in [-0.3, -0.25) is 0 Å². The molecule has 0 unspecified atom stereocenters. The molecule has 0 spiro atoms. The molecule has 0 aliphatic heterocycles. The first kappa shape index (κ1) is 9.61. The highest BCUT2D eigenvalue weighted by atomic mass is 32.2. The highest BCUT2D eigenvalue weighted by Crippen LogP contribution is 2.14. The summed E-state index contributed by atoms with van der Waals surface area (Å²) in [5.41, 5.74) is 1.01. The lowest BCUT2D eigenvalue weighted by Crippen LogP contribution is -1.88. The molecule has 0 aromatic carbocycles. The molecule has 4 heteroatoms. The van der Waals surface area contributed by atoms with Crippen LogP contribution in [0.15, 0.2) is 10.8 Å². The van der Waals surface area contributed by atoms with Crippen LogP contribution >= 0.6 is 11.8 Å². The molecule has 3 nitrogen and oxygen atoms in total. The third-order valence-electron chi connectivity index (χ3n) is 1.53. The minimum atomic E-state index is 0.269. The van der Waals surface area contributed by atoms with Crippen LogP contribution in [0.1, 0.15) is 17.9 Å². The van der Waals surface area contributed by atoms with Crippen LogP contribution in [0.2, 0.25) is 0 Å². The van der Waals surface area contributed by atoms with Gasteiger partial charge in [-0.25, -0.2) is 4.98 Å². The van der Waals surface area contributed by atoms with Gasteiger partial charge in [0.1, 0.15) is 5.76 Å². The number of aliphatic hydroxyl groups is 1. The van der Waals surface area contributed by atoms with E-state index in [-0.39, 0.29) is 6.61 Å². The summed E-state index contributed by atoms with van der Waals surface area (Å²) in [5.74, 6) is 2.75. The lowest BCUT2D eigenvalue weighted by molar-refractivity contribution is 0.296. The second-order valence-corrected chi connectivity index (χ2v) is 3.59. The monoisotopic (exact) mass is 187 g/mol. The fraction of sp³-hybridized carbons (Fsp3) is 0.625. The van der Waals surface area contributed by atoms with E-state index in [2.05, 4.69) is 4.98 Å². The van der Waals surface area contributed by atoms with Gasteiger partial charge in [0.05, 0.1) is 5.69 Å². The van der Waals surface area contributed by atoms with Crippen LogP contribution in [0.3, 0.4) is 0 Å². The molecule has 1 aromatic rings. The lowest BCUT2D eigenvalue weighted by atomic mass is 10.4. The number of rotatable bonds is 5. The van der Waals surface area contributed by atoms with Crippen molar-refractivity contribution in [3.63, 3.8) is 0 Å². The molecule has 0 aliphatic rings. The Hall–Kier alpha value is -0.480. The summed E-state index contributed by atoms with van der Waals surface area (Å²) in [6.45, 7) is 2.18. The Morgan fingerprint density at radius 1 is 1.67 bits per heavy atom. The maximum atomic E-state index is 8.53. The van der Waals surface area contributed by atoms with E-state index in [1.807, 2.05) is 6.92 Å². The fourth-order valence-electron chi connectivity index (χ4n) is 0.802. The number of aryl methyl sites for hydroxylation is 1. The number of aromatic nitrogens is 1. The van der Waals surface area contributed by atoms with E-state index in [0.29, 0.717) is 0 Å². The largest absolute Gasteiger partial charge is 0.448 e. The number of hydrogen-bond acceptors (Lipinski definition) is 4. The van der Waals surface area contributed by atoms with Gasteiger partial charge in [0.25, 0.3) is 0 Å². The number of hydrogen-bond donors (Lipinski definition) is 1. The first-order valence-corrected chi connectivity index (χ1v) is 5.07. The molecule has 0 atom stereocenters. The van der Waals surface area contributed by atoms with Crippen LogP contribution in [0.4, 0.5) is 0 Å². The average Bonchev–Trinajstić information content (AvgIpc) is 2.46. The Morgan fingerprint density at radius 3 is 3.08 bits per heavy atom. The maximum absolute atomic E-state index is 8.53. The first-order valence-electron chi connectivity index (χ1n) is 3.92. The molecule has 0 saturated heterocycles. The second-order valence-electron chi connectivity index (χ2n) is 2.48. The Morgan fingerprint density at radius 2 is 2.50 bits per heavy atom. The van der Waals surface area contributed by atoms with Gasteiger partial charge in [-0.05, 0) is 19.1 Å². The van der Waals surface area contributed by atoms with E-state index in [1.165, 1.54) is 6.39 Å². The summed E-state index contributed by atoms with van der Waals surface area (Å²) in [6, 6.07) is 0. The average molecular weight is 187 g/mol. The number of nitrogens with zero attached hydrogens (tertiary/aromatic N) is 1. The molecule has 0 bridgehead atoms. The van der Waals surface area contributed by atoms with Crippen molar-refractivity contribution >= 4 is 11.8 Å². The van der Waals surface area contributed by atoms with Crippen molar-refractivity contribution in [3.8, 4) is 0 Å². The Balaban J connectivity index is 2.20. The van der Waals surface area contributed by atoms with Crippen LogP contribution in [0, 0.1) is 6.92 Å². The zero-order valence-corrected chi connectivity index (χ0v) is 7.93. The Labute approximate surface area is 76.2 Å². The summed E-state index contributed by atoms with van der Waals surface area (Å²) in [7, 11) is 0. The molecule has 68 valence electrons. The number of aliphatic hydroxyl groups excluding tert-OH is 1. The van der Waals surface area contributed by atoms with Crippen LogP contribution < -0.4 is 0 Å². The van der Waals surface area contributed by atoms with Crippen molar-refractivity contribution in [3.05, 3.63) is 17.8 Å². The van der Waals surface area contributed by atoms with Gasteiger partial charge in [-0.15, -0.1) is 0 Å². The molecule has 1 heterocycles. The normalized spacial score (nSPS) is 10.5. The minimum Gasteiger partial charge on any atom is -0.448 e. The van der Waals surface area contributed by atoms with E-state index >= 15 is 0 Å². The quantitative estimate of drug-likeness (QED) is 0.711. The van der Waals surface area contributed by atoms with Gasteiger partial charge in [0, 0.05) is 12.4 Å². The maximum Gasteiger partial charge on any atom is 0.181 e. The summed E-state index contributed by atoms with van der Waals surface area (Å²) < 4.78 is 5.05. The van der Waals surface area contributed by atoms with E-state index in [0.717, 1.165) is 29.4 Å². The van der Waals surface area contributed by atoms with E-state index in [1.54, 1.807) is 11.8 Å². The molecule has 1 rings (SSSR count). The molecule has 1 N–H and O–H groups in total. The Kier molecular flexibility index (Phi) is 4.18. The van der Waals surface area contributed by atoms with Gasteiger partial charge in [-0.2, -0.15) is 11.8 Å². The third-order valence-corrected chi connectivity index (χ3v) is 2.58. The van der Waals surface area contributed by atoms with Crippen molar-refractivity contribution in [1.82, 2.24) is 4.98 Å². The second kappa shape index (κ2) is 5.22. The van der Waals surface area contributed by atoms with Gasteiger partial charge in [0.2, 0.25) is 0 Å². The smallest absolute Gasteiger partial charge is 0.181 e. The van der Waals surface area contributed by atoms with Crippen molar-refractivity contribution < 1.29 is 9.52 Å². The van der Waals surface area contributed by atoms with Crippen molar-refractivity contribution in [2.24, 2.45) is 0 Å². The van der Waals surface area contributed by atoms with Gasteiger partial charge in [0.15, 0.2) is 6.39 Å². The van der Waals surface area contributed by atoms with Crippen LogP contribution in [0.25, 0.3) is 0 Å². The summed E-state index contributed by atoms with van der Waals surface area (Å²) in [5, 5.41) is 8.53. The van der Waals surface area contributed by atoms with Gasteiger partial charge >= 0.3 is 0 Å². The number of thioether (sulfide) groups is 1. The molecule has 0 radical (unpaired) electrons. The van der Waals surface area contributed by atoms with E-state index in [4.69, 9.17) is 9.52 Å². The third kappa shape index (κ3) is 2.87. The predicted molar refractivity (Wildman–Crippen MR) is 49.1 cm³/mol. The van der Waals surface area contributed by atoms with Crippen LogP contribution in [0.5, 0.6) is 0 Å². The van der Waals surface area contributed by atoms with E-state index < -0.39 is 0 Å². The standard InChI is InChI=1S/C8H13NO2S/c1-7-8(9-6-11-7)5-12-4-2-3-10/h6,10H,2-5H2,1H3. The fourth-order valence-corrected chi connectivity index (χ4v) is 1.75. The molecule has 12 heavy (non-hydrogen) atoms. The highest BCUT2D eigenvalue weighted by molar-refractivity contribution is 7.98. The van der Waals surface area contributed by atoms with Crippen molar-refractivity contribution in [1.29, 1.82) is 0 Å². The van der Waals surface area contributed by atoms with Crippen LogP contribution in [-0.4, -0.2) is 22.5 Å². The van der Waals surface area contributed by atoms with Crippen molar-refractivity contribution in [2.45, 2.75) is 19.1 Å². The SMILES string of the molecule is Cc1ocnc1CSCCCO. The van der Waals surface area contributed by atoms with Gasteiger partial charge < -0.3 is 9.52 Å². The van der Waals surface area contributed by atoms with Crippen LogP contribution in [-0.2, 0) is 5.75 Å². The summed E-state index contributed by atoms with van der Waals surface area (Å²) in [6.07, 6.45) is 2.32. The number of oxazole rings is 1. The zero-order valence-electron chi connectivity index (χ0n) is 7.12. The lowest BCUT2D eigenvalue weighted by Gasteiger charge is -1.96. The predicted octanol–water partition coefficient (Wildman–Crippen LogP) is 1.60. The molecule has 1 aromatic heterocycles. The summed E-state index contributed by atoms with van der Waals surface area (Å²) >= 11 is 1.77. The molecular formula is C8H13NO2S. The first-order chi connectivity index (χ1) is 5.84. The minimum absolute atomic E-state index is 0.269. The van der Waals surface area contributed by atoms with E-state index in [9.17, 15) is 0 Å². The van der Waals surface area contributed by atoms with Gasteiger partial charge in [-0.1, -0.05) is 0 Å². The molecule has 0 aliphatic carbocycles. The summed E-state index contributed by atoms with van der Waals surface area (Å²) in [4.78, 5) is 4.06. The zero-order chi connectivity index (χ0) is 8.81.